The Hall–Kier alpha value is -0.120. The molecule has 0 saturated carbocycles. The third-order valence-corrected chi connectivity index (χ3v) is 3.79. The molecule has 2 rings (SSSR count). The standard InChI is InChI=1S/C13H26N2O/c1-12-11-15(8-3-9-16-12)7-2-4-13-5-6-14-10-13/h12-14H,2-11H2,1H3. The fourth-order valence-corrected chi connectivity index (χ4v) is 2.85. The summed E-state index contributed by atoms with van der Waals surface area (Å²) in [5.41, 5.74) is 0. The third-order valence-electron chi connectivity index (χ3n) is 3.79. The molecule has 2 aliphatic rings. The summed E-state index contributed by atoms with van der Waals surface area (Å²) in [4.78, 5) is 2.58. The molecule has 2 unspecified atom stereocenters. The van der Waals surface area contributed by atoms with Crippen LogP contribution in [0.25, 0.3) is 0 Å². The van der Waals surface area contributed by atoms with Gasteiger partial charge in [-0.05, 0) is 58.2 Å². The topological polar surface area (TPSA) is 24.5 Å². The molecule has 0 spiro atoms. The summed E-state index contributed by atoms with van der Waals surface area (Å²) < 4.78 is 5.66. The molecule has 0 aliphatic carbocycles. The molecule has 2 fully saturated rings. The summed E-state index contributed by atoms with van der Waals surface area (Å²) >= 11 is 0. The van der Waals surface area contributed by atoms with E-state index >= 15 is 0 Å². The molecule has 2 aliphatic heterocycles. The van der Waals surface area contributed by atoms with E-state index in [4.69, 9.17) is 4.74 Å². The predicted molar refractivity (Wildman–Crippen MR) is 66.7 cm³/mol. The first-order valence-corrected chi connectivity index (χ1v) is 6.89. The van der Waals surface area contributed by atoms with Gasteiger partial charge in [0.25, 0.3) is 0 Å². The Kier molecular flexibility index (Phi) is 5.07. The van der Waals surface area contributed by atoms with Crippen LogP contribution in [0.4, 0.5) is 0 Å². The van der Waals surface area contributed by atoms with Crippen LogP contribution in [0.15, 0.2) is 0 Å². The van der Waals surface area contributed by atoms with Gasteiger partial charge in [0, 0.05) is 19.7 Å². The Morgan fingerprint density at radius 1 is 1.44 bits per heavy atom. The predicted octanol–water partition coefficient (Wildman–Crippen LogP) is 1.49. The first kappa shape index (κ1) is 12.3. The summed E-state index contributed by atoms with van der Waals surface area (Å²) in [6.07, 6.45) is 5.78. The average molecular weight is 226 g/mol. The van der Waals surface area contributed by atoms with Crippen LogP contribution in [0.5, 0.6) is 0 Å². The number of nitrogens with zero attached hydrogens (tertiary/aromatic N) is 1. The van der Waals surface area contributed by atoms with E-state index in [1.165, 1.54) is 51.9 Å². The van der Waals surface area contributed by atoms with Crippen molar-refractivity contribution >= 4 is 0 Å². The number of nitrogens with one attached hydrogen (secondary N) is 1. The summed E-state index contributed by atoms with van der Waals surface area (Å²) in [6.45, 7) is 9.25. The highest BCUT2D eigenvalue weighted by Crippen LogP contribution is 2.15. The number of hydrogen-bond acceptors (Lipinski definition) is 3. The molecule has 1 N–H and O–H groups in total. The summed E-state index contributed by atoms with van der Waals surface area (Å²) in [5, 5.41) is 3.44. The quantitative estimate of drug-likeness (QED) is 0.786. The van der Waals surface area contributed by atoms with Gasteiger partial charge in [0.05, 0.1) is 6.10 Å². The largest absolute Gasteiger partial charge is 0.377 e. The van der Waals surface area contributed by atoms with E-state index in [0.717, 1.165) is 19.1 Å². The lowest BCUT2D eigenvalue weighted by Gasteiger charge is -2.22. The van der Waals surface area contributed by atoms with Gasteiger partial charge >= 0.3 is 0 Å². The van der Waals surface area contributed by atoms with Gasteiger partial charge in [0.2, 0.25) is 0 Å². The van der Waals surface area contributed by atoms with Gasteiger partial charge in [-0.1, -0.05) is 0 Å². The Bertz CT molecular complexity index is 192. The van der Waals surface area contributed by atoms with E-state index < -0.39 is 0 Å². The van der Waals surface area contributed by atoms with E-state index in [1.54, 1.807) is 0 Å². The minimum atomic E-state index is 0.427. The van der Waals surface area contributed by atoms with Gasteiger partial charge in [0.1, 0.15) is 0 Å². The van der Waals surface area contributed by atoms with Crippen molar-refractivity contribution in [2.75, 3.05) is 39.3 Å². The Morgan fingerprint density at radius 3 is 3.19 bits per heavy atom. The average Bonchev–Trinajstić information content (AvgIpc) is 2.69. The normalized spacial score (nSPS) is 32.8. The molecule has 0 amide bonds. The van der Waals surface area contributed by atoms with Gasteiger partial charge < -0.3 is 15.0 Å². The van der Waals surface area contributed by atoms with Crippen molar-refractivity contribution in [1.29, 1.82) is 0 Å². The van der Waals surface area contributed by atoms with Crippen molar-refractivity contribution in [3.63, 3.8) is 0 Å². The van der Waals surface area contributed by atoms with Crippen LogP contribution in [0, 0.1) is 5.92 Å². The SMILES string of the molecule is CC1CN(CCCC2CCNC2)CCCO1. The van der Waals surface area contributed by atoms with E-state index in [0.29, 0.717) is 6.10 Å². The Morgan fingerprint density at radius 2 is 2.38 bits per heavy atom. The molecule has 0 radical (unpaired) electrons. The molecule has 0 bridgehead atoms. The fourth-order valence-electron chi connectivity index (χ4n) is 2.85. The number of rotatable bonds is 4. The zero-order valence-electron chi connectivity index (χ0n) is 10.6. The second-order valence-electron chi connectivity index (χ2n) is 5.34. The molecule has 0 aromatic heterocycles. The van der Waals surface area contributed by atoms with Gasteiger partial charge in [-0.15, -0.1) is 0 Å². The zero-order valence-corrected chi connectivity index (χ0v) is 10.6. The van der Waals surface area contributed by atoms with E-state index in [-0.39, 0.29) is 0 Å². The Balaban J connectivity index is 1.60. The van der Waals surface area contributed by atoms with Crippen molar-refractivity contribution in [2.24, 2.45) is 5.92 Å². The molecular weight excluding hydrogens is 200 g/mol. The van der Waals surface area contributed by atoms with E-state index in [1.807, 2.05) is 0 Å². The maximum atomic E-state index is 5.66. The van der Waals surface area contributed by atoms with Gasteiger partial charge in [-0.25, -0.2) is 0 Å². The highest BCUT2D eigenvalue weighted by atomic mass is 16.5. The van der Waals surface area contributed by atoms with Crippen LogP contribution in [0.1, 0.15) is 32.6 Å². The van der Waals surface area contributed by atoms with E-state index in [2.05, 4.69) is 17.1 Å². The van der Waals surface area contributed by atoms with Crippen LogP contribution in [0.3, 0.4) is 0 Å². The molecule has 2 heterocycles. The van der Waals surface area contributed by atoms with Crippen LogP contribution in [-0.4, -0.2) is 50.3 Å². The first-order valence-electron chi connectivity index (χ1n) is 6.89. The summed E-state index contributed by atoms with van der Waals surface area (Å²) in [5.74, 6) is 0.945. The van der Waals surface area contributed by atoms with Crippen LogP contribution >= 0.6 is 0 Å². The maximum absolute atomic E-state index is 5.66. The van der Waals surface area contributed by atoms with E-state index in [9.17, 15) is 0 Å². The monoisotopic (exact) mass is 226 g/mol. The third kappa shape index (κ3) is 4.04. The van der Waals surface area contributed by atoms with Crippen LogP contribution in [0.2, 0.25) is 0 Å². The van der Waals surface area contributed by atoms with Crippen molar-refractivity contribution in [1.82, 2.24) is 10.2 Å². The first-order chi connectivity index (χ1) is 7.84. The Labute approximate surface area is 99.5 Å². The molecule has 94 valence electrons. The van der Waals surface area contributed by atoms with Crippen molar-refractivity contribution in [3.8, 4) is 0 Å². The minimum Gasteiger partial charge on any atom is -0.377 e. The second kappa shape index (κ2) is 6.58. The van der Waals surface area contributed by atoms with Gasteiger partial charge in [-0.2, -0.15) is 0 Å². The number of ether oxygens (including phenoxy) is 1. The summed E-state index contributed by atoms with van der Waals surface area (Å²) in [7, 11) is 0. The smallest absolute Gasteiger partial charge is 0.0673 e. The lowest BCUT2D eigenvalue weighted by Crippen LogP contribution is -2.31. The molecule has 16 heavy (non-hydrogen) atoms. The molecule has 2 saturated heterocycles. The van der Waals surface area contributed by atoms with Gasteiger partial charge in [0.15, 0.2) is 0 Å². The van der Waals surface area contributed by atoms with Gasteiger partial charge in [-0.3, -0.25) is 0 Å². The lowest BCUT2D eigenvalue weighted by atomic mass is 10.0. The molecular formula is C13H26N2O. The number of hydrogen-bond donors (Lipinski definition) is 1. The fraction of sp³-hybridized carbons (Fsp3) is 1.00. The van der Waals surface area contributed by atoms with Crippen LogP contribution in [-0.2, 0) is 4.74 Å². The zero-order chi connectivity index (χ0) is 11.2. The lowest BCUT2D eigenvalue weighted by molar-refractivity contribution is 0.0674. The summed E-state index contributed by atoms with van der Waals surface area (Å²) in [6, 6.07) is 0. The molecule has 2 atom stereocenters. The maximum Gasteiger partial charge on any atom is 0.0673 e. The molecule has 3 heteroatoms. The van der Waals surface area contributed by atoms with Crippen molar-refractivity contribution < 1.29 is 4.74 Å². The van der Waals surface area contributed by atoms with Crippen LogP contribution < -0.4 is 5.32 Å². The molecule has 0 aromatic rings. The second-order valence-corrected chi connectivity index (χ2v) is 5.34. The highest BCUT2D eigenvalue weighted by molar-refractivity contribution is 4.72. The van der Waals surface area contributed by atoms with Crippen molar-refractivity contribution in [2.45, 2.75) is 38.7 Å². The molecule has 3 nitrogen and oxygen atoms in total. The highest BCUT2D eigenvalue weighted by Gasteiger charge is 2.17. The molecule has 0 aromatic carbocycles. The van der Waals surface area contributed by atoms with Crippen molar-refractivity contribution in [3.05, 3.63) is 0 Å². The minimum absolute atomic E-state index is 0.427.